The van der Waals surface area contributed by atoms with Gasteiger partial charge in [-0.15, -0.1) is 0 Å². The van der Waals surface area contributed by atoms with Crippen molar-refractivity contribution in [3.05, 3.63) is 0 Å². The predicted octanol–water partition coefficient (Wildman–Crippen LogP) is 0.388. The van der Waals surface area contributed by atoms with Gasteiger partial charge in [0.15, 0.2) is 0 Å². The Balaban J connectivity index is 0. The van der Waals surface area contributed by atoms with Crippen LogP contribution in [0, 0.1) is 0 Å². The molecule has 38 valence electrons. The second-order valence-electron chi connectivity index (χ2n) is 1.03. The van der Waals surface area contributed by atoms with Crippen LogP contribution in [0.25, 0.3) is 0 Å². The summed E-state index contributed by atoms with van der Waals surface area (Å²) in [7, 11) is 1.63. The molecule has 0 aromatic carbocycles. The zero-order valence-electron chi connectivity index (χ0n) is 4.12. The van der Waals surface area contributed by atoms with Gasteiger partial charge in [-0.3, -0.25) is 4.79 Å². The molecule has 0 fully saturated rings. The summed E-state index contributed by atoms with van der Waals surface area (Å²) >= 11 is 0. The van der Waals surface area contributed by atoms with Crippen molar-refractivity contribution in [3.8, 4) is 0 Å². The molecule has 0 aromatic rings. The molecule has 0 heterocycles. The van der Waals surface area contributed by atoms with Crippen LogP contribution in [0.4, 0.5) is 0 Å². The van der Waals surface area contributed by atoms with E-state index in [1.165, 1.54) is 0 Å². The molecule has 2 heteroatoms. The van der Waals surface area contributed by atoms with E-state index in [1.807, 2.05) is 6.92 Å². The van der Waals surface area contributed by atoms with Gasteiger partial charge in [0.1, 0.15) is 0 Å². The molecule has 0 radical (unpaired) electrons. The van der Waals surface area contributed by atoms with Gasteiger partial charge in [-0.05, 0) is 0 Å². The summed E-state index contributed by atoms with van der Waals surface area (Å²) in [5.41, 5.74) is 0. The Kier molecular flexibility index (Phi) is 2.46. The van der Waals surface area contributed by atoms with Gasteiger partial charge < -0.3 is 5.32 Å². The van der Waals surface area contributed by atoms with Crippen LogP contribution in [0.2, 0.25) is 0 Å². The van der Waals surface area contributed by atoms with Gasteiger partial charge in [-0.25, -0.2) is 0 Å². The summed E-state index contributed by atoms with van der Waals surface area (Å²) in [6.45, 7) is 1.82. The Bertz CT molecular complexity index is 49.7. The van der Waals surface area contributed by atoms with Crippen LogP contribution in [-0.4, -0.2) is 13.0 Å². The molecular formula is C4H11NO. The fraction of sp³-hybridized carbons (Fsp3) is 0.750. The summed E-state index contributed by atoms with van der Waals surface area (Å²) in [5, 5.41) is 2.48. The highest BCUT2D eigenvalue weighted by molar-refractivity contribution is 5.74. The molecule has 0 saturated carbocycles. The highest BCUT2D eigenvalue weighted by Gasteiger charge is 1.84. The average Bonchev–Trinajstić information content (AvgIpc) is 1.65. The van der Waals surface area contributed by atoms with E-state index in [0.717, 1.165) is 0 Å². The monoisotopic (exact) mass is 89.1 g/mol. The molecule has 2 nitrogen and oxygen atoms in total. The fourth-order valence-electron chi connectivity index (χ4n) is 0.177. The zero-order chi connectivity index (χ0) is 4.99. The maximum atomic E-state index is 10.1. The first-order valence-corrected chi connectivity index (χ1v) is 2.01. The van der Waals surface area contributed by atoms with Crippen LogP contribution < -0.4 is 5.32 Å². The van der Waals surface area contributed by atoms with Gasteiger partial charge in [-0.2, -0.15) is 0 Å². The summed E-state index contributed by atoms with van der Waals surface area (Å²) in [5.74, 6) is 0.0926. The van der Waals surface area contributed by atoms with Gasteiger partial charge in [0, 0.05) is 14.9 Å². The molecule has 0 rings (SSSR count). The fourth-order valence-corrected chi connectivity index (χ4v) is 0.177. The summed E-state index contributed by atoms with van der Waals surface area (Å²) in [4.78, 5) is 10.1. The molecule has 0 atom stereocenters. The number of nitrogens with one attached hydrogen (secondary N) is 1. The molecule has 1 amide bonds. The number of carbonyl (C=O) groups excluding carboxylic acids is 1. The zero-order valence-corrected chi connectivity index (χ0v) is 4.12. The lowest BCUT2D eigenvalue weighted by Gasteiger charge is -1.87. The summed E-state index contributed by atoms with van der Waals surface area (Å²) in [6, 6.07) is 0. The SMILES string of the molecule is CCC(=O)NC.[HH]. The summed E-state index contributed by atoms with van der Waals surface area (Å²) in [6.07, 6.45) is 0.580. The number of rotatable bonds is 1. The van der Waals surface area contributed by atoms with Gasteiger partial charge in [0.2, 0.25) is 5.91 Å². The van der Waals surface area contributed by atoms with E-state index in [1.54, 1.807) is 7.05 Å². The van der Waals surface area contributed by atoms with Crippen molar-refractivity contribution in [2.75, 3.05) is 7.05 Å². The van der Waals surface area contributed by atoms with Crippen LogP contribution >= 0.6 is 0 Å². The van der Waals surface area contributed by atoms with Crippen molar-refractivity contribution in [2.24, 2.45) is 0 Å². The number of carbonyl (C=O) groups is 1. The second kappa shape index (κ2) is 2.69. The van der Waals surface area contributed by atoms with Crippen LogP contribution in [0.1, 0.15) is 14.8 Å². The third-order valence-corrected chi connectivity index (χ3v) is 0.600. The second-order valence-corrected chi connectivity index (χ2v) is 1.03. The first-order valence-electron chi connectivity index (χ1n) is 2.01. The van der Waals surface area contributed by atoms with Crippen molar-refractivity contribution >= 4 is 5.91 Å². The minimum absolute atomic E-state index is 0. The van der Waals surface area contributed by atoms with Crippen molar-refractivity contribution in [1.82, 2.24) is 5.32 Å². The van der Waals surface area contributed by atoms with Gasteiger partial charge in [0.25, 0.3) is 0 Å². The topological polar surface area (TPSA) is 29.1 Å². The Morgan fingerprint density at radius 3 is 2.50 bits per heavy atom. The van der Waals surface area contributed by atoms with Crippen LogP contribution in [0.5, 0.6) is 0 Å². The van der Waals surface area contributed by atoms with E-state index in [-0.39, 0.29) is 7.33 Å². The largest absolute Gasteiger partial charge is 0.359 e. The van der Waals surface area contributed by atoms with Gasteiger partial charge in [0.05, 0.1) is 0 Å². The van der Waals surface area contributed by atoms with Crippen molar-refractivity contribution < 1.29 is 6.22 Å². The van der Waals surface area contributed by atoms with E-state index < -0.39 is 0 Å². The maximum absolute atomic E-state index is 10.1. The van der Waals surface area contributed by atoms with E-state index in [9.17, 15) is 4.79 Å². The minimum Gasteiger partial charge on any atom is -0.359 e. The molecule has 0 aliphatic carbocycles. The van der Waals surface area contributed by atoms with Gasteiger partial charge >= 0.3 is 0 Å². The van der Waals surface area contributed by atoms with E-state index in [0.29, 0.717) is 6.42 Å². The average molecular weight is 89.1 g/mol. The number of hydrogen-bond acceptors (Lipinski definition) is 1. The van der Waals surface area contributed by atoms with Crippen molar-refractivity contribution in [1.29, 1.82) is 0 Å². The molecule has 0 aliphatic rings. The molecule has 0 spiro atoms. The van der Waals surface area contributed by atoms with Crippen molar-refractivity contribution in [3.63, 3.8) is 0 Å². The molecule has 0 aromatic heterocycles. The predicted molar refractivity (Wildman–Crippen MR) is 26.5 cm³/mol. The molecule has 0 unspecified atom stereocenters. The third-order valence-electron chi connectivity index (χ3n) is 0.600. The summed E-state index contributed by atoms with van der Waals surface area (Å²) < 4.78 is 0. The molecule has 1 N–H and O–H groups in total. The highest BCUT2D eigenvalue weighted by atomic mass is 16.1. The van der Waals surface area contributed by atoms with Gasteiger partial charge in [-0.1, -0.05) is 6.92 Å². The van der Waals surface area contributed by atoms with Crippen LogP contribution in [0.3, 0.4) is 0 Å². The smallest absolute Gasteiger partial charge is 0.219 e. The Labute approximate surface area is 39.0 Å². The maximum Gasteiger partial charge on any atom is 0.219 e. The quantitative estimate of drug-likeness (QED) is 0.494. The van der Waals surface area contributed by atoms with E-state index in [4.69, 9.17) is 0 Å². The molecule has 0 saturated heterocycles. The normalized spacial score (nSPS) is 7.67. The molecule has 6 heavy (non-hydrogen) atoms. The molecule has 0 bridgehead atoms. The minimum atomic E-state index is 0. The first kappa shape index (κ1) is 5.47. The van der Waals surface area contributed by atoms with Crippen LogP contribution in [-0.2, 0) is 4.79 Å². The Morgan fingerprint density at radius 1 is 2.00 bits per heavy atom. The highest BCUT2D eigenvalue weighted by Crippen LogP contribution is 1.68. The standard InChI is InChI=1S/C4H9NO.H2/c1-3-4(6)5-2;/h3H2,1-2H3,(H,5,6);1H. The number of amides is 1. The lowest BCUT2D eigenvalue weighted by Crippen LogP contribution is -2.15. The lowest BCUT2D eigenvalue weighted by atomic mass is 10.5. The lowest BCUT2D eigenvalue weighted by molar-refractivity contribution is -0.120. The Morgan fingerprint density at radius 2 is 2.50 bits per heavy atom. The van der Waals surface area contributed by atoms with Crippen molar-refractivity contribution in [2.45, 2.75) is 13.3 Å². The number of hydrogen-bond donors (Lipinski definition) is 1. The van der Waals surface area contributed by atoms with E-state index >= 15 is 0 Å². The molecule has 0 aliphatic heterocycles. The first-order chi connectivity index (χ1) is 2.81. The van der Waals surface area contributed by atoms with E-state index in [2.05, 4.69) is 5.32 Å². The Hall–Kier alpha value is -0.530. The third kappa shape index (κ3) is 1.76. The van der Waals surface area contributed by atoms with Crippen LogP contribution in [0.15, 0.2) is 0 Å². The molecular weight excluding hydrogens is 78.0 g/mol.